The molecule has 0 heterocycles. The zero-order chi connectivity index (χ0) is 11.4. The van der Waals surface area contributed by atoms with Crippen LogP contribution in [-0.4, -0.2) is 15.9 Å². The van der Waals surface area contributed by atoms with E-state index in [2.05, 4.69) is 49.0 Å². The van der Waals surface area contributed by atoms with E-state index in [1.165, 1.54) is 10.4 Å². The molecule has 0 bridgehead atoms. The van der Waals surface area contributed by atoms with Crippen LogP contribution >= 0.6 is 0 Å². The maximum absolute atomic E-state index is 5.41. The van der Waals surface area contributed by atoms with Crippen molar-refractivity contribution < 1.29 is 4.74 Å². The maximum Gasteiger partial charge on any atom is 0.123 e. The topological polar surface area (TPSA) is 9.23 Å². The molecule has 0 N–H and O–H groups in total. The van der Waals surface area contributed by atoms with E-state index < -0.39 is 8.80 Å². The average molecular weight is 227 g/mol. The van der Waals surface area contributed by atoms with Gasteiger partial charge in [0.05, 0.1) is 7.11 Å². The maximum atomic E-state index is 5.41. The molecule has 0 fully saturated rings. The summed E-state index contributed by atoms with van der Waals surface area (Å²) >= 11 is 0. The fourth-order valence-corrected chi connectivity index (χ4v) is 3.70. The van der Waals surface area contributed by atoms with Crippen molar-refractivity contribution in [2.75, 3.05) is 7.11 Å². The van der Waals surface area contributed by atoms with E-state index in [0.29, 0.717) is 0 Å². The number of para-hydroxylation sites is 1. The molecule has 0 aliphatic rings. The van der Waals surface area contributed by atoms with Gasteiger partial charge in [0.1, 0.15) is 14.5 Å². The molecule has 2 aromatic rings. The van der Waals surface area contributed by atoms with Crippen LogP contribution in [0.15, 0.2) is 54.6 Å². The first kappa shape index (κ1) is 11.0. The predicted octanol–water partition coefficient (Wildman–Crippen LogP) is 1.93. The number of methoxy groups -OCH3 is 1. The van der Waals surface area contributed by atoms with Crippen molar-refractivity contribution in [2.24, 2.45) is 0 Å². The second-order valence-electron chi connectivity index (χ2n) is 3.69. The van der Waals surface area contributed by atoms with Crippen molar-refractivity contribution in [3.05, 3.63) is 54.6 Å². The molecule has 0 unspecified atom stereocenters. The molecule has 16 heavy (non-hydrogen) atoms. The Kier molecular flexibility index (Phi) is 3.42. The minimum absolute atomic E-state index is 0.712. The number of hydrogen-bond donors (Lipinski definition) is 0. The lowest BCUT2D eigenvalue weighted by Gasteiger charge is -2.14. The summed E-state index contributed by atoms with van der Waals surface area (Å²) in [6.45, 7) is 2.30. The molecule has 0 amide bonds. The van der Waals surface area contributed by atoms with Crippen molar-refractivity contribution in [1.29, 1.82) is 0 Å². The van der Waals surface area contributed by atoms with Gasteiger partial charge in [-0.2, -0.15) is 0 Å². The van der Waals surface area contributed by atoms with Crippen LogP contribution in [0.5, 0.6) is 5.75 Å². The summed E-state index contributed by atoms with van der Waals surface area (Å²) in [6, 6.07) is 18.9. The normalized spacial score (nSPS) is 10.4. The zero-order valence-electron chi connectivity index (χ0n) is 9.60. The third-order valence-electron chi connectivity index (χ3n) is 2.72. The molecule has 0 spiro atoms. The van der Waals surface area contributed by atoms with Gasteiger partial charge in [0.2, 0.25) is 0 Å². The number of hydrogen-bond acceptors (Lipinski definition) is 1. The number of benzene rings is 2. The largest absolute Gasteiger partial charge is 0.497 e. The number of rotatable bonds is 3. The zero-order valence-corrected chi connectivity index (χ0v) is 10.6. The van der Waals surface area contributed by atoms with Gasteiger partial charge in [-0.1, -0.05) is 60.3 Å². The molecule has 0 aliphatic carbocycles. The fraction of sp³-hybridized carbons (Fsp3) is 0.143. The Balaban J connectivity index is 2.37. The lowest BCUT2D eigenvalue weighted by Crippen LogP contribution is -2.39. The van der Waals surface area contributed by atoms with Gasteiger partial charge < -0.3 is 4.74 Å². The Morgan fingerprint density at radius 1 is 0.875 bits per heavy atom. The molecule has 0 atom stereocenters. The lowest BCUT2D eigenvalue weighted by molar-refractivity contribution is 0.418. The van der Waals surface area contributed by atoms with E-state index in [4.69, 9.17) is 4.74 Å². The van der Waals surface area contributed by atoms with Gasteiger partial charge in [0, 0.05) is 0 Å². The van der Waals surface area contributed by atoms with Crippen LogP contribution in [0.25, 0.3) is 0 Å². The second kappa shape index (κ2) is 4.99. The highest BCUT2D eigenvalue weighted by atomic mass is 28.3. The predicted molar refractivity (Wildman–Crippen MR) is 70.3 cm³/mol. The van der Waals surface area contributed by atoms with Gasteiger partial charge in [0.15, 0.2) is 0 Å². The Labute approximate surface area is 98.3 Å². The van der Waals surface area contributed by atoms with Gasteiger partial charge in [0.25, 0.3) is 0 Å². The van der Waals surface area contributed by atoms with Crippen molar-refractivity contribution in [1.82, 2.24) is 0 Å². The Morgan fingerprint density at radius 3 is 2.19 bits per heavy atom. The lowest BCUT2D eigenvalue weighted by atomic mass is 10.3. The van der Waals surface area contributed by atoms with E-state index in [0.717, 1.165) is 5.75 Å². The first-order valence-corrected chi connectivity index (χ1v) is 7.35. The molecule has 0 aromatic heterocycles. The van der Waals surface area contributed by atoms with Crippen LogP contribution in [-0.2, 0) is 0 Å². The molecule has 1 nitrogen and oxygen atoms in total. The summed E-state index contributed by atoms with van der Waals surface area (Å²) in [4.78, 5) is 0. The highest BCUT2D eigenvalue weighted by molar-refractivity contribution is 6.84. The molecule has 0 saturated carbocycles. The highest BCUT2D eigenvalue weighted by Gasteiger charge is 2.14. The fourth-order valence-electron chi connectivity index (χ4n) is 1.80. The molecule has 81 valence electrons. The summed E-state index contributed by atoms with van der Waals surface area (Å²) < 4.78 is 5.41. The molecule has 0 aliphatic heterocycles. The van der Waals surface area contributed by atoms with E-state index in [1.54, 1.807) is 7.11 Å². The van der Waals surface area contributed by atoms with Gasteiger partial charge >= 0.3 is 0 Å². The van der Waals surface area contributed by atoms with Crippen LogP contribution in [0.4, 0.5) is 0 Å². The Bertz CT molecular complexity index is 453. The van der Waals surface area contributed by atoms with Crippen molar-refractivity contribution >= 4 is 19.2 Å². The van der Waals surface area contributed by atoms with E-state index in [9.17, 15) is 0 Å². The van der Waals surface area contributed by atoms with Crippen molar-refractivity contribution in [3.8, 4) is 5.75 Å². The SMILES string of the molecule is COc1ccccc1[Si](C)c1ccccc1. The first-order valence-electron chi connectivity index (χ1n) is 5.35. The smallest absolute Gasteiger partial charge is 0.123 e. The van der Waals surface area contributed by atoms with Crippen LogP contribution in [0, 0.1) is 0 Å². The van der Waals surface area contributed by atoms with Crippen LogP contribution < -0.4 is 15.1 Å². The first-order chi connectivity index (χ1) is 7.83. The van der Waals surface area contributed by atoms with Gasteiger partial charge in [-0.05, 0) is 11.3 Å². The summed E-state index contributed by atoms with van der Waals surface area (Å²) in [7, 11) is 1.02. The molecule has 0 saturated heterocycles. The van der Waals surface area contributed by atoms with E-state index in [-0.39, 0.29) is 0 Å². The third-order valence-corrected chi connectivity index (χ3v) is 5.14. The van der Waals surface area contributed by atoms with Crippen molar-refractivity contribution in [3.63, 3.8) is 0 Å². The second-order valence-corrected chi connectivity index (χ2v) is 6.06. The highest BCUT2D eigenvalue weighted by Crippen LogP contribution is 2.07. The Morgan fingerprint density at radius 2 is 1.50 bits per heavy atom. The average Bonchev–Trinajstić information content (AvgIpc) is 2.39. The summed E-state index contributed by atoms with van der Waals surface area (Å²) in [5, 5.41) is 2.75. The molecule has 2 rings (SSSR count). The Hall–Kier alpha value is -1.54. The van der Waals surface area contributed by atoms with Crippen LogP contribution in [0.2, 0.25) is 6.55 Å². The quantitative estimate of drug-likeness (QED) is 0.728. The molecular weight excluding hydrogens is 212 g/mol. The molecule has 1 radical (unpaired) electrons. The van der Waals surface area contributed by atoms with Crippen LogP contribution in [0.3, 0.4) is 0 Å². The summed E-state index contributed by atoms with van der Waals surface area (Å²) in [5.74, 6) is 1.00. The van der Waals surface area contributed by atoms with E-state index >= 15 is 0 Å². The van der Waals surface area contributed by atoms with Crippen molar-refractivity contribution in [2.45, 2.75) is 6.55 Å². The molecular formula is C14H15OSi. The monoisotopic (exact) mass is 227 g/mol. The number of ether oxygens (including phenoxy) is 1. The van der Waals surface area contributed by atoms with Crippen LogP contribution in [0.1, 0.15) is 0 Å². The van der Waals surface area contributed by atoms with E-state index in [1.807, 2.05) is 12.1 Å². The van der Waals surface area contributed by atoms with Gasteiger partial charge in [-0.25, -0.2) is 0 Å². The molecule has 2 heteroatoms. The minimum Gasteiger partial charge on any atom is -0.497 e. The summed E-state index contributed by atoms with van der Waals surface area (Å²) in [5.41, 5.74) is 0. The summed E-state index contributed by atoms with van der Waals surface area (Å²) in [6.07, 6.45) is 0. The minimum atomic E-state index is -0.712. The van der Waals surface area contributed by atoms with Gasteiger partial charge in [-0.15, -0.1) is 0 Å². The standard InChI is InChI=1S/C14H15OSi/c1-15-13-10-6-7-11-14(13)16(2)12-8-4-3-5-9-12/h3-11H,1-2H3. The third kappa shape index (κ3) is 2.17. The molecule has 2 aromatic carbocycles. The van der Waals surface area contributed by atoms with Gasteiger partial charge in [-0.3, -0.25) is 0 Å².